The Morgan fingerprint density at radius 1 is 1.33 bits per heavy atom. The minimum atomic E-state index is -4.69. The number of carbonyl (C=O) groups excluding carboxylic acids is 1. The van der Waals surface area contributed by atoms with Crippen molar-refractivity contribution in [3.63, 3.8) is 0 Å². The molecule has 116 valence electrons. The summed E-state index contributed by atoms with van der Waals surface area (Å²) in [5, 5.41) is 13.1. The lowest BCUT2D eigenvalue weighted by atomic mass is 10.1. The van der Waals surface area contributed by atoms with E-state index in [0.717, 1.165) is 6.07 Å². The van der Waals surface area contributed by atoms with Crippen LogP contribution in [0.25, 0.3) is 0 Å². The minimum Gasteiger partial charge on any atom is -0.330 e. The normalized spacial score (nSPS) is 11.2. The Morgan fingerprint density at radius 3 is 2.52 bits per heavy atom. The monoisotopic (exact) mass is 305 g/mol. The fraction of sp³-hybridized carbons (Fsp3) is 0.417. The fourth-order valence-corrected chi connectivity index (χ4v) is 1.61. The molecule has 3 N–H and O–H groups in total. The van der Waals surface area contributed by atoms with Crippen molar-refractivity contribution in [3.8, 4) is 0 Å². The van der Waals surface area contributed by atoms with Gasteiger partial charge in [-0.15, -0.1) is 0 Å². The van der Waals surface area contributed by atoms with Gasteiger partial charge in [0.15, 0.2) is 0 Å². The van der Waals surface area contributed by atoms with Crippen molar-refractivity contribution in [2.24, 2.45) is 5.73 Å². The van der Waals surface area contributed by atoms with Gasteiger partial charge in [0, 0.05) is 12.5 Å². The number of nitrogens with zero attached hydrogens (tertiary/aromatic N) is 1. The fourth-order valence-electron chi connectivity index (χ4n) is 1.61. The summed E-state index contributed by atoms with van der Waals surface area (Å²) in [6, 6.07) is 1.96. The summed E-state index contributed by atoms with van der Waals surface area (Å²) in [5.74, 6) is -0.508. The molecule has 0 heterocycles. The number of amides is 1. The summed E-state index contributed by atoms with van der Waals surface area (Å²) in [5.41, 5.74) is 3.06. The molecular formula is C12H14F3N3O3. The molecule has 0 radical (unpaired) electrons. The predicted octanol–water partition coefficient (Wildman–Crippen LogP) is 2.68. The molecule has 21 heavy (non-hydrogen) atoms. The molecule has 0 saturated carbocycles. The smallest absolute Gasteiger partial charge is 0.330 e. The second-order valence-corrected chi connectivity index (χ2v) is 4.28. The Kier molecular flexibility index (Phi) is 5.65. The molecular weight excluding hydrogens is 291 g/mol. The highest BCUT2D eigenvalue weighted by Crippen LogP contribution is 2.34. The maximum atomic E-state index is 12.5. The van der Waals surface area contributed by atoms with E-state index in [1.807, 2.05) is 0 Å². The molecule has 0 unspecified atom stereocenters. The number of benzene rings is 1. The van der Waals surface area contributed by atoms with Crippen molar-refractivity contribution in [3.05, 3.63) is 33.9 Å². The number of nitro benzene ring substituents is 1. The Labute approximate surface area is 118 Å². The van der Waals surface area contributed by atoms with E-state index in [1.165, 1.54) is 0 Å². The highest BCUT2D eigenvalue weighted by atomic mass is 19.4. The molecule has 0 bridgehead atoms. The van der Waals surface area contributed by atoms with Crippen LogP contribution in [0.1, 0.15) is 24.8 Å². The van der Waals surface area contributed by atoms with Crippen LogP contribution in [0.15, 0.2) is 18.2 Å². The highest BCUT2D eigenvalue weighted by molar-refractivity contribution is 5.93. The average molecular weight is 305 g/mol. The molecule has 0 spiro atoms. The Bertz CT molecular complexity index is 532. The van der Waals surface area contributed by atoms with E-state index in [4.69, 9.17) is 5.73 Å². The van der Waals surface area contributed by atoms with Crippen molar-refractivity contribution >= 4 is 17.3 Å². The SMILES string of the molecule is NCCCCC(=O)Nc1ccc(C(F)(F)F)cc1[N+](=O)[O-]. The van der Waals surface area contributed by atoms with Crippen LogP contribution in [0.3, 0.4) is 0 Å². The van der Waals surface area contributed by atoms with Crippen molar-refractivity contribution in [2.75, 3.05) is 11.9 Å². The molecule has 1 rings (SSSR count). The van der Waals surface area contributed by atoms with Gasteiger partial charge in [-0.2, -0.15) is 13.2 Å². The lowest BCUT2D eigenvalue weighted by molar-refractivity contribution is -0.384. The number of carbonyl (C=O) groups is 1. The first-order valence-corrected chi connectivity index (χ1v) is 6.11. The average Bonchev–Trinajstić information content (AvgIpc) is 2.37. The van der Waals surface area contributed by atoms with Crippen LogP contribution >= 0.6 is 0 Å². The molecule has 0 aliphatic rings. The number of alkyl halides is 3. The third-order valence-corrected chi connectivity index (χ3v) is 2.65. The summed E-state index contributed by atoms with van der Waals surface area (Å²) in [6.45, 7) is 0.410. The van der Waals surface area contributed by atoms with Crippen molar-refractivity contribution in [2.45, 2.75) is 25.4 Å². The second-order valence-electron chi connectivity index (χ2n) is 4.28. The molecule has 0 atom stereocenters. The zero-order valence-corrected chi connectivity index (χ0v) is 10.9. The summed E-state index contributed by atoms with van der Waals surface area (Å²) in [4.78, 5) is 21.4. The molecule has 0 fully saturated rings. The predicted molar refractivity (Wildman–Crippen MR) is 69.6 cm³/mol. The van der Waals surface area contributed by atoms with Gasteiger partial charge in [-0.05, 0) is 31.5 Å². The van der Waals surface area contributed by atoms with Gasteiger partial charge in [-0.1, -0.05) is 0 Å². The van der Waals surface area contributed by atoms with Gasteiger partial charge in [-0.25, -0.2) is 0 Å². The summed E-state index contributed by atoms with van der Waals surface area (Å²) in [6.07, 6.45) is -3.48. The number of anilines is 1. The van der Waals surface area contributed by atoms with Gasteiger partial charge in [0.25, 0.3) is 5.69 Å². The minimum absolute atomic E-state index is 0.0926. The Hall–Kier alpha value is -2.16. The van der Waals surface area contributed by atoms with Gasteiger partial charge < -0.3 is 11.1 Å². The van der Waals surface area contributed by atoms with Gasteiger partial charge in [0.05, 0.1) is 10.5 Å². The first kappa shape index (κ1) is 16.9. The quantitative estimate of drug-likeness (QED) is 0.479. The van der Waals surface area contributed by atoms with Crippen molar-refractivity contribution in [1.29, 1.82) is 0 Å². The highest BCUT2D eigenvalue weighted by Gasteiger charge is 2.33. The number of halogens is 3. The molecule has 0 saturated heterocycles. The lowest BCUT2D eigenvalue weighted by Crippen LogP contribution is -2.14. The number of rotatable bonds is 6. The van der Waals surface area contributed by atoms with Crippen LogP contribution < -0.4 is 11.1 Å². The topological polar surface area (TPSA) is 98.3 Å². The number of nitrogens with two attached hydrogens (primary N) is 1. The van der Waals surface area contributed by atoms with Crippen LogP contribution in [0.2, 0.25) is 0 Å². The molecule has 1 amide bonds. The number of nitrogens with one attached hydrogen (secondary N) is 1. The van der Waals surface area contributed by atoms with Crippen molar-refractivity contribution in [1.82, 2.24) is 0 Å². The van der Waals surface area contributed by atoms with E-state index in [9.17, 15) is 28.1 Å². The van der Waals surface area contributed by atoms with E-state index in [1.54, 1.807) is 0 Å². The van der Waals surface area contributed by atoms with Crippen LogP contribution in [-0.4, -0.2) is 17.4 Å². The number of nitro groups is 1. The molecule has 1 aromatic carbocycles. The number of hydrogen-bond donors (Lipinski definition) is 2. The van der Waals surface area contributed by atoms with E-state index in [-0.39, 0.29) is 12.1 Å². The van der Waals surface area contributed by atoms with E-state index >= 15 is 0 Å². The molecule has 0 aromatic heterocycles. The largest absolute Gasteiger partial charge is 0.416 e. The summed E-state index contributed by atoms with van der Waals surface area (Å²) >= 11 is 0. The van der Waals surface area contributed by atoms with Crippen LogP contribution in [0.5, 0.6) is 0 Å². The van der Waals surface area contributed by atoms with Gasteiger partial charge >= 0.3 is 6.18 Å². The van der Waals surface area contributed by atoms with E-state index in [2.05, 4.69) is 5.32 Å². The van der Waals surface area contributed by atoms with Gasteiger partial charge in [-0.3, -0.25) is 14.9 Å². The van der Waals surface area contributed by atoms with Crippen LogP contribution in [0.4, 0.5) is 24.5 Å². The Balaban J connectivity index is 2.92. The first-order chi connectivity index (χ1) is 9.75. The zero-order valence-electron chi connectivity index (χ0n) is 10.9. The maximum Gasteiger partial charge on any atom is 0.416 e. The number of hydrogen-bond acceptors (Lipinski definition) is 4. The Morgan fingerprint density at radius 2 is 2.00 bits per heavy atom. The standard InChI is InChI=1S/C12H14F3N3O3/c13-12(14,15)8-4-5-9(10(7-8)18(20)21)17-11(19)3-1-2-6-16/h4-5,7H,1-3,6,16H2,(H,17,19). The maximum absolute atomic E-state index is 12.5. The summed E-state index contributed by atoms with van der Waals surface area (Å²) < 4.78 is 37.5. The molecule has 6 nitrogen and oxygen atoms in total. The van der Waals surface area contributed by atoms with Crippen LogP contribution in [0, 0.1) is 10.1 Å². The molecule has 9 heteroatoms. The van der Waals surface area contributed by atoms with E-state index in [0.29, 0.717) is 31.5 Å². The zero-order chi connectivity index (χ0) is 16.0. The third kappa shape index (κ3) is 5.03. The number of unbranched alkanes of at least 4 members (excludes halogenated alkanes) is 1. The molecule has 1 aromatic rings. The third-order valence-electron chi connectivity index (χ3n) is 2.65. The summed E-state index contributed by atoms with van der Waals surface area (Å²) in [7, 11) is 0. The molecule has 0 aliphatic carbocycles. The lowest BCUT2D eigenvalue weighted by Gasteiger charge is -2.09. The second kappa shape index (κ2) is 7.02. The van der Waals surface area contributed by atoms with Gasteiger partial charge in [0.2, 0.25) is 5.91 Å². The first-order valence-electron chi connectivity index (χ1n) is 6.11. The molecule has 0 aliphatic heterocycles. The van der Waals surface area contributed by atoms with Crippen LogP contribution in [-0.2, 0) is 11.0 Å². The van der Waals surface area contributed by atoms with E-state index < -0.39 is 28.3 Å². The van der Waals surface area contributed by atoms with Gasteiger partial charge in [0.1, 0.15) is 5.69 Å². The van der Waals surface area contributed by atoms with Crippen molar-refractivity contribution < 1.29 is 22.9 Å².